The number of halogens is 1. The molecule has 96 valence electrons. The molecule has 0 atom stereocenters. The molecule has 18 heavy (non-hydrogen) atoms. The summed E-state index contributed by atoms with van der Waals surface area (Å²) >= 11 is 3.47. The summed E-state index contributed by atoms with van der Waals surface area (Å²) in [5, 5.41) is 9.35. The number of aryl methyl sites for hydroxylation is 2. The first-order chi connectivity index (χ1) is 8.67. The van der Waals surface area contributed by atoms with E-state index in [9.17, 15) is 0 Å². The lowest BCUT2D eigenvalue weighted by Gasteiger charge is -2.10. The van der Waals surface area contributed by atoms with Crippen molar-refractivity contribution in [2.24, 2.45) is 0 Å². The van der Waals surface area contributed by atoms with Gasteiger partial charge in [0.2, 0.25) is 0 Å². The maximum Gasteiger partial charge on any atom is 0.164 e. The molecule has 0 N–H and O–H groups in total. The van der Waals surface area contributed by atoms with Crippen molar-refractivity contribution in [3.8, 4) is 11.4 Å². The molecule has 0 saturated heterocycles. The van der Waals surface area contributed by atoms with Crippen molar-refractivity contribution in [2.45, 2.75) is 39.1 Å². The molecule has 0 bridgehead atoms. The summed E-state index contributed by atoms with van der Waals surface area (Å²) in [7, 11) is 0. The Morgan fingerprint density at radius 1 is 1.22 bits per heavy atom. The molecule has 0 spiro atoms. The summed E-state index contributed by atoms with van der Waals surface area (Å²) in [6.07, 6.45) is 1.08. The summed E-state index contributed by atoms with van der Waals surface area (Å²) in [5.41, 5.74) is 3.70. The number of hydrogen-bond acceptors (Lipinski definition) is 2. The van der Waals surface area contributed by atoms with E-state index in [4.69, 9.17) is 0 Å². The Labute approximate surface area is 116 Å². The van der Waals surface area contributed by atoms with Gasteiger partial charge in [-0.25, -0.2) is 0 Å². The van der Waals surface area contributed by atoms with Gasteiger partial charge in [0, 0.05) is 12.1 Å². The largest absolute Gasteiger partial charge is 0.310 e. The zero-order valence-corrected chi connectivity index (χ0v) is 12.7. The van der Waals surface area contributed by atoms with Crippen molar-refractivity contribution in [2.75, 3.05) is 0 Å². The van der Waals surface area contributed by atoms with Gasteiger partial charge < -0.3 is 4.57 Å². The minimum atomic E-state index is 0.741. The number of benzene rings is 1. The van der Waals surface area contributed by atoms with Gasteiger partial charge in [0.25, 0.3) is 0 Å². The SMILES string of the molecule is CCCn1c(CBr)nnc1-c1ccc(C)cc1C. The molecule has 2 aromatic rings. The fourth-order valence-electron chi connectivity index (χ4n) is 2.16. The van der Waals surface area contributed by atoms with Gasteiger partial charge in [0.1, 0.15) is 5.82 Å². The van der Waals surface area contributed by atoms with Crippen LogP contribution in [-0.2, 0) is 11.9 Å². The van der Waals surface area contributed by atoms with Crippen LogP contribution in [0.1, 0.15) is 30.3 Å². The third-order valence-corrected chi connectivity index (χ3v) is 3.52. The van der Waals surface area contributed by atoms with E-state index < -0.39 is 0 Å². The molecule has 1 aromatic carbocycles. The van der Waals surface area contributed by atoms with Gasteiger partial charge in [0.05, 0.1) is 5.33 Å². The second-order valence-electron chi connectivity index (χ2n) is 4.54. The molecule has 0 aliphatic carbocycles. The molecule has 0 saturated carbocycles. The highest BCUT2D eigenvalue weighted by atomic mass is 79.9. The van der Waals surface area contributed by atoms with Crippen LogP contribution in [-0.4, -0.2) is 14.8 Å². The van der Waals surface area contributed by atoms with Crippen LogP contribution in [0, 0.1) is 13.8 Å². The van der Waals surface area contributed by atoms with Crippen molar-refractivity contribution in [3.63, 3.8) is 0 Å². The van der Waals surface area contributed by atoms with Gasteiger partial charge in [-0.1, -0.05) is 46.6 Å². The highest BCUT2D eigenvalue weighted by Gasteiger charge is 2.13. The summed E-state index contributed by atoms with van der Waals surface area (Å²) in [5.74, 6) is 1.97. The molecule has 0 aliphatic heterocycles. The third-order valence-electron chi connectivity index (χ3n) is 3.02. The predicted octanol–water partition coefficient (Wildman–Crippen LogP) is 3.87. The van der Waals surface area contributed by atoms with Gasteiger partial charge >= 0.3 is 0 Å². The molecule has 4 heteroatoms. The lowest BCUT2D eigenvalue weighted by molar-refractivity contribution is 0.661. The van der Waals surface area contributed by atoms with E-state index >= 15 is 0 Å². The molecular formula is C14H18BrN3. The van der Waals surface area contributed by atoms with E-state index in [-0.39, 0.29) is 0 Å². The Balaban J connectivity index is 2.52. The van der Waals surface area contributed by atoms with Crippen LogP contribution >= 0.6 is 15.9 Å². The number of alkyl halides is 1. The zero-order chi connectivity index (χ0) is 13.1. The average molecular weight is 308 g/mol. The molecule has 3 nitrogen and oxygen atoms in total. The third kappa shape index (κ3) is 2.48. The summed E-state index contributed by atoms with van der Waals surface area (Å²) in [6.45, 7) is 7.36. The molecule has 0 unspecified atom stereocenters. The Morgan fingerprint density at radius 3 is 2.61 bits per heavy atom. The van der Waals surface area contributed by atoms with Crippen LogP contribution < -0.4 is 0 Å². The quantitative estimate of drug-likeness (QED) is 0.803. The summed E-state index contributed by atoms with van der Waals surface area (Å²) < 4.78 is 2.20. The van der Waals surface area contributed by atoms with Gasteiger partial charge in [-0.15, -0.1) is 10.2 Å². The highest BCUT2D eigenvalue weighted by Crippen LogP contribution is 2.24. The van der Waals surface area contributed by atoms with Crippen LogP contribution in [0.2, 0.25) is 0 Å². The average Bonchev–Trinajstić information content (AvgIpc) is 2.73. The Kier molecular flexibility index (Phi) is 4.17. The minimum Gasteiger partial charge on any atom is -0.310 e. The van der Waals surface area contributed by atoms with Crippen LogP contribution in [0.25, 0.3) is 11.4 Å². The summed E-state index contributed by atoms with van der Waals surface area (Å²) in [6, 6.07) is 6.45. The Bertz CT molecular complexity index is 546. The van der Waals surface area contributed by atoms with E-state index in [0.717, 1.165) is 29.9 Å². The first-order valence-electron chi connectivity index (χ1n) is 6.23. The molecule has 0 amide bonds. The zero-order valence-electron chi connectivity index (χ0n) is 11.1. The first-order valence-corrected chi connectivity index (χ1v) is 7.35. The van der Waals surface area contributed by atoms with Gasteiger partial charge in [-0.3, -0.25) is 0 Å². The lowest BCUT2D eigenvalue weighted by Crippen LogP contribution is -2.04. The lowest BCUT2D eigenvalue weighted by atomic mass is 10.1. The molecule has 2 rings (SSSR count). The second-order valence-corrected chi connectivity index (χ2v) is 5.10. The number of rotatable bonds is 4. The highest BCUT2D eigenvalue weighted by molar-refractivity contribution is 9.08. The van der Waals surface area contributed by atoms with E-state index in [1.54, 1.807) is 0 Å². The van der Waals surface area contributed by atoms with Gasteiger partial charge in [-0.2, -0.15) is 0 Å². The van der Waals surface area contributed by atoms with Crippen molar-refractivity contribution >= 4 is 15.9 Å². The van der Waals surface area contributed by atoms with Crippen LogP contribution in [0.15, 0.2) is 18.2 Å². The van der Waals surface area contributed by atoms with Crippen molar-refractivity contribution in [3.05, 3.63) is 35.2 Å². The maximum absolute atomic E-state index is 4.35. The second kappa shape index (κ2) is 5.65. The van der Waals surface area contributed by atoms with Gasteiger partial charge in [-0.05, 0) is 25.8 Å². The minimum absolute atomic E-state index is 0.741. The van der Waals surface area contributed by atoms with E-state index in [2.05, 4.69) is 69.7 Å². The monoisotopic (exact) mass is 307 g/mol. The maximum atomic E-state index is 4.35. The number of aromatic nitrogens is 3. The standard InChI is InChI=1S/C14H18BrN3/c1-4-7-18-13(9-15)16-17-14(18)12-6-5-10(2)8-11(12)3/h5-6,8H,4,7,9H2,1-3H3. The molecular weight excluding hydrogens is 290 g/mol. The van der Waals surface area contributed by atoms with Crippen LogP contribution in [0.4, 0.5) is 0 Å². The molecule has 0 radical (unpaired) electrons. The summed E-state index contributed by atoms with van der Waals surface area (Å²) in [4.78, 5) is 0. The molecule has 0 fully saturated rings. The van der Waals surface area contributed by atoms with Crippen LogP contribution in [0.3, 0.4) is 0 Å². The van der Waals surface area contributed by atoms with Crippen molar-refractivity contribution in [1.29, 1.82) is 0 Å². The number of nitrogens with zero attached hydrogens (tertiary/aromatic N) is 3. The van der Waals surface area contributed by atoms with Crippen LogP contribution in [0.5, 0.6) is 0 Å². The smallest absolute Gasteiger partial charge is 0.164 e. The topological polar surface area (TPSA) is 30.7 Å². The Hall–Kier alpha value is -1.16. The van der Waals surface area contributed by atoms with Gasteiger partial charge in [0.15, 0.2) is 5.82 Å². The van der Waals surface area contributed by atoms with E-state index in [1.165, 1.54) is 16.7 Å². The number of hydrogen-bond donors (Lipinski definition) is 0. The van der Waals surface area contributed by atoms with Crippen molar-refractivity contribution < 1.29 is 0 Å². The normalized spacial score (nSPS) is 10.9. The predicted molar refractivity (Wildman–Crippen MR) is 77.9 cm³/mol. The fraction of sp³-hybridized carbons (Fsp3) is 0.429. The molecule has 0 aliphatic rings. The van der Waals surface area contributed by atoms with E-state index in [1.807, 2.05) is 0 Å². The molecule has 1 heterocycles. The Morgan fingerprint density at radius 2 is 2.00 bits per heavy atom. The van der Waals surface area contributed by atoms with Crippen molar-refractivity contribution in [1.82, 2.24) is 14.8 Å². The molecule has 1 aromatic heterocycles. The fourth-order valence-corrected chi connectivity index (χ4v) is 2.57. The first kappa shape index (κ1) is 13.3. The van der Waals surface area contributed by atoms with E-state index in [0.29, 0.717) is 0 Å².